The summed E-state index contributed by atoms with van der Waals surface area (Å²) in [6.45, 7) is 7.29. The first-order valence-corrected chi connectivity index (χ1v) is 7.74. The van der Waals surface area contributed by atoms with Gasteiger partial charge in [0.15, 0.2) is 0 Å². The van der Waals surface area contributed by atoms with E-state index in [1.165, 1.54) is 0 Å². The molecule has 0 saturated carbocycles. The second-order valence-corrected chi connectivity index (χ2v) is 6.76. The average molecular weight is 321 g/mol. The Labute approximate surface area is 138 Å². The lowest BCUT2D eigenvalue weighted by Gasteiger charge is -2.27. The lowest BCUT2D eigenvalue weighted by Crippen LogP contribution is -2.38. The highest BCUT2D eigenvalue weighted by Gasteiger charge is 2.22. The summed E-state index contributed by atoms with van der Waals surface area (Å²) in [5.74, 6) is 0. The van der Waals surface area contributed by atoms with Crippen molar-refractivity contribution in [3.63, 3.8) is 0 Å². The van der Waals surface area contributed by atoms with E-state index in [2.05, 4.69) is 9.88 Å². The van der Waals surface area contributed by atoms with E-state index in [9.17, 15) is 9.59 Å². The van der Waals surface area contributed by atoms with E-state index in [-0.39, 0.29) is 6.09 Å². The van der Waals surface area contributed by atoms with Crippen LogP contribution in [0.15, 0.2) is 18.3 Å². The van der Waals surface area contributed by atoms with Gasteiger partial charge in [0.1, 0.15) is 11.9 Å². The topological polar surface area (TPSA) is 62.7 Å². The van der Waals surface area contributed by atoms with Crippen LogP contribution in [0.4, 0.5) is 4.79 Å². The molecular weight excluding hydrogens is 294 g/mol. The predicted molar refractivity (Wildman–Crippen MR) is 89.4 cm³/mol. The smallest absolute Gasteiger partial charge is 0.410 e. The van der Waals surface area contributed by atoms with Gasteiger partial charge < -0.3 is 14.5 Å². The Bertz CT molecular complexity index is 524. The third-order valence-corrected chi connectivity index (χ3v) is 3.01. The molecule has 6 nitrogen and oxygen atoms in total. The zero-order valence-corrected chi connectivity index (χ0v) is 14.7. The molecule has 0 bridgehead atoms. The normalized spacial score (nSPS) is 11.4. The van der Waals surface area contributed by atoms with Gasteiger partial charge >= 0.3 is 6.09 Å². The maximum absolute atomic E-state index is 12.4. The molecule has 0 radical (unpaired) electrons. The van der Waals surface area contributed by atoms with Gasteiger partial charge in [-0.2, -0.15) is 0 Å². The fourth-order valence-electron chi connectivity index (χ4n) is 1.99. The molecule has 0 N–H and O–H groups in total. The van der Waals surface area contributed by atoms with Crippen LogP contribution in [0.2, 0.25) is 0 Å². The SMILES string of the molecule is CN(C)CCCN(Cc1cc(C=O)ccn1)C(=O)OC(C)(C)C. The third-order valence-electron chi connectivity index (χ3n) is 3.01. The summed E-state index contributed by atoms with van der Waals surface area (Å²) in [5, 5.41) is 0. The van der Waals surface area contributed by atoms with Crippen LogP contribution < -0.4 is 0 Å². The van der Waals surface area contributed by atoms with Crippen molar-refractivity contribution < 1.29 is 14.3 Å². The molecule has 0 aromatic carbocycles. The van der Waals surface area contributed by atoms with Gasteiger partial charge in [-0.25, -0.2) is 4.79 Å². The first-order chi connectivity index (χ1) is 10.7. The summed E-state index contributed by atoms with van der Waals surface area (Å²) in [7, 11) is 3.99. The van der Waals surface area contributed by atoms with E-state index in [4.69, 9.17) is 4.74 Å². The summed E-state index contributed by atoms with van der Waals surface area (Å²) in [6.07, 6.45) is 2.82. The van der Waals surface area contributed by atoms with Crippen LogP contribution in [-0.2, 0) is 11.3 Å². The number of carbonyl (C=O) groups is 2. The number of carbonyl (C=O) groups excluding carboxylic acids is 2. The summed E-state index contributed by atoms with van der Waals surface area (Å²) in [6, 6.07) is 3.33. The molecule has 0 spiro atoms. The first kappa shape index (κ1) is 19.1. The highest BCUT2D eigenvalue weighted by Crippen LogP contribution is 2.13. The zero-order valence-electron chi connectivity index (χ0n) is 14.7. The van der Waals surface area contributed by atoms with Gasteiger partial charge in [-0.3, -0.25) is 9.78 Å². The lowest BCUT2D eigenvalue weighted by atomic mass is 10.2. The number of ether oxygens (including phenoxy) is 1. The molecule has 0 aliphatic carbocycles. The van der Waals surface area contributed by atoms with E-state index < -0.39 is 5.60 Å². The molecule has 23 heavy (non-hydrogen) atoms. The van der Waals surface area contributed by atoms with Gasteiger partial charge in [0.25, 0.3) is 0 Å². The largest absolute Gasteiger partial charge is 0.444 e. The number of aromatic nitrogens is 1. The standard InChI is InChI=1S/C17H27N3O3/c1-17(2,3)23-16(22)20(10-6-9-19(4)5)12-15-11-14(13-21)7-8-18-15/h7-8,11,13H,6,9-10,12H2,1-5H3. The fraction of sp³-hybridized carbons (Fsp3) is 0.588. The summed E-state index contributed by atoms with van der Waals surface area (Å²) < 4.78 is 5.46. The molecule has 6 heteroatoms. The molecular formula is C17H27N3O3. The van der Waals surface area contributed by atoms with Gasteiger partial charge in [-0.15, -0.1) is 0 Å². The number of hydrogen-bond acceptors (Lipinski definition) is 5. The van der Waals surface area contributed by atoms with Crippen molar-refractivity contribution in [2.75, 3.05) is 27.2 Å². The fourth-order valence-corrected chi connectivity index (χ4v) is 1.99. The number of pyridine rings is 1. The van der Waals surface area contributed by atoms with Crippen molar-refractivity contribution in [2.45, 2.75) is 39.3 Å². The average Bonchev–Trinajstić information content (AvgIpc) is 2.44. The summed E-state index contributed by atoms with van der Waals surface area (Å²) in [5.41, 5.74) is 0.673. The highest BCUT2D eigenvalue weighted by molar-refractivity contribution is 5.74. The van der Waals surface area contributed by atoms with E-state index in [0.717, 1.165) is 19.3 Å². The molecule has 1 aromatic rings. The van der Waals surface area contributed by atoms with Crippen molar-refractivity contribution in [3.05, 3.63) is 29.6 Å². The third kappa shape index (κ3) is 7.74. The second kappa shape index (κ2) is 8.62. The molecule has 0 aliphatic rings. The Morgan fingerprint density at radius 1 is 1.30 bits per heavy atom. The van der Waals surface area contributed by atoms with Crippen LogP contribution in [0.3, 0.4) is 0 Å². The van der Waals surface area contributed by atoms with E-state index in [0.29, 0.717) is 24.3 Å². The van der Waals surface area contributed by atoms with Crippen LogP contribution >= 0.6 is 0 Å². The molecule has 0 atom stereocenters. The van der Waals surface area contributed by atoms with Crippen molar-refractivity contribution in [1.82, 2.24) is 14.8 Å². The van der Waals surface area contributed by atoms with Crippen molar-refractivity contribution in [1.29, 1.82) is 0 Å². The minimum absolute atomic E-state index is 0.323. The predicted octanol–water partition coefficient (Wildman–Crippen LogP) is 2.58. The highest BCUT2D eigenvalue weighted by atomic mass is 16.6. The van der Waals surface area contributed by atoms with Crippen LogP contribution in [0.25, 0.3) is 0 Å². The van der Waals surface area contributed by atoms with Gasteiger partial charge in [-0.1, -0.05) is 0 Å². The van der Waals surface area contributed by atoms with Crippen LogP contribution in [-0.4, -0.2) is 59.9 Å². The monoisotopic (exact) mass is 321 g/mol. The van der Waals surface area contributed by atoms with E-state index in [1.807, 2.05) is 34.9 Å². The van der Waals surface area contributed by atoms with Crippen LogP contribution in [0, 0.1) is 0 Å². The second-order valence-electron chi connectivity index (χ2n) is 6.76. The Kier molecular flexibility index (Phi) is 7.16. The molecule has 0 unspecified atom stereocenters. The van der Waals surface area contributed by atoms with Crippen LogP contribution in [0.1, 0.15) is 43.2 Å². The van der Waals surface area contributed by atoms with E-state index >= 15 is 0 Å². The number of hydrogen-bond donors (Lipinski definition) is 0. The Balaban J connectivity index is 2.80. The lowest BCUT2D eigenvalue weighted by molar-refractivity contribution is 0.0226. The Morgan fingerprint density at radius 3 is 2.57 bits per heavy atom. The Hall–Kier alpha value is -1.95. The minimum Gasteiger partial charge on any atom is -0.444 e. The van der Waals surface area contributed by atoms with Gasteiger partial charge in [0.05, 0.1) is 12.2 Å². The molecule has 1 rings (SSSR count). The first-order valence-electron chi connectivity index (χ1n) is 7.74. The van der Waals surface area contributed by atoms with Gasteiger partial charge in [0, 0.05) is 18.3 Å². The minimum atomic E-state index is -0.547. The Morgan fingerprint density at radius 2 is 2.00 bits per heavy atom. The molecule has 0 fully saturated rings. The van der Waals surface area contributed by atoms with Crippen molar-refractivity contribution in [3.8, 4) is 0 Å². The van der Waals surface area contributed by atoms with Crippen molar-refractivity contribution in [2.24, 2.45) is 0 Å². The van der Waals surface area contributed by atoms with Gasteiger partial charge in [-0.05, 0) is 60.0 Å². The quantitative estimate of drug-likeness (QED) is 0.722. The number of nitrogens with zero attached hydrogens (tertiary/aromatic N) is 3. The summed E-state index contributed by atoms with van der Waals surface area (Å²) >= 11 is 0. The number of aldehydes is 1. The molecule has 128 valence electrons. The number of rotatable bonds is 7. The molecule has 0 saturated heterocycles. The van der Waals surface area contributed by atoms with Gasteiger partial charge in [0.2, 0.25) is 0 Å². The van der Waals surface area contributed by atoms with E-state index in [1.54, 1.807) is 23.2 Å². The van der Waals surface area contributed by atoms with Crippen LogP contribution in [0.5, 0.6) is 0 Å². The maximum atomic E-state index is 12.4. The molecule has 1 heterocycles. The molecule has 0 aliphatic heterocycles. The molecule has 1 amide bonds. The maximum Gasteiger partial charge on any atom is 0.410 e. The summed E-state index contributed by atoms with van der Waals surface area (Å²) in [4.78, 5) is 31.2. The number of amides is 1. The van der Waals surface area contributed by atoms with Crippen molar-refractivity contribution >= 4 is 12.4 Å². The zero-order chi connectivity index (χ0) is 17.5. The molecule has 1 aromatic heterocycles.